The Labute approximate surface area is 160 Å². The van der Waals surface area contributed by atoms with Gasteiger partial charge in [-0.2, -0.15) is 0 Å². The summed E-state index contributed by atoms with van der Waals surface area (Å²) < 4.78 is 0. The molecule has 4 N–H and O–H groups in total. The maximum atomic E-state index is 12.4. The van der Waals surface area contributed by atoms with Crippen molar-refractivity contribution in [2.45, 2.75) is 25.8 Å². The molecule has 3 rings (SSSR count). The molecular formula is C17H19Cl2N5O2. The van der Waals surface area contributed by atoms with E-state index in [4.69, 9.17) is 28.9 Å². The van der Waals surface area contributed by atoms with E-state index in [1.54, 1.807) is 19.2 Å². The number of pyridine rings is 1. The van der Waals surface area contributed by atoms with Gasteiger partial charge in [0, 0.05) is 31.0 Å². The lowest BCUT2D eigenvalue weighted by molar-refractivity contribution is 0.0925. The Balaban J connectivity index is 1.60. The second-order valence-electron chi connectivity index (χ2n) is 6.28. The molecule has 0 aromatic carbocycles. The molecule has 2 aromatic rings. The third-order valence-corrected chi connectivity index (χ3v) is 5.43. The van der Waals surface area contributed by atoms with E-state index < -0.39 is 5.91 Å². The molecule has 0 unspecified atom stereocenters. The van der Waals surface area contributed by atoms with E-state index in [0.717, 1.165) is 31.6 Å². The topological polar surface area (TPSA) is 104 Å². The number of nitrogens with zero attached hydrogens (tertiary/aromatic N) is 2. The molecule has 0 radical (unpaired) electrons. The summed E-state index contributed by atoms with van der Waals surface area (Å²) in [6, 6.07) is 1.77. The van der Waals surface area contributed by atoms with E-state index in [1.807, 2.05) is 0 Å². The summed E-state index contributed by atoms with van der Waals surface area (Å²) in [5.41, 5.74) is 7.48. The van der Waals surface area contributed by atoms with Crippen LogP contribution in [0.3, 0.4) is 0 Å². The minimum absolute atomic E-state index is 0.0319. The summed E-state index contributed by atoms with van der Waals surface area (Å²) in [7, 11) is 0. The number of rotatable bonds is 4. The molecule has 26 heavy (non-hydrogen) atoms. The summed E-state index contributed by atoms with van der Waals surface area (Å²) in [6.45, 7) is 3.22. The van der Waals surface area contributed by atoms with Crippen LogP contribution >= 0.6 is 23.2 Å². The van der Waals surface area contributed by atoms with Crippen molar-refractivity contribution in [1.82, 2.24) is 15.3 Å². The molecule has 138 valence electrons. The maximum absolute atomic E-state index is 12.4. The number of hydrogen-bond donors (Lipinski definition) is 3. The summed E-state index contributed by atoms with van der Waals surface area (Å²) in [5.74, 6) is -0.765. The maximum Gasteiger partial charge on any atom is 0.269 e. The smallest absolute Gasteiger partial charge is 0.269 e. The molecular weight excluding hydrogens is 377 g/mol. The van der Waals surface area contributed by atoms with Crippen LogP contribution in [0.1, 0.15) is 39.4 Å². The zero-order valence-electron chi connectivity index (χ0n) is 14.2. The minimum Gasteiger partial charge on any atom is -0.370 e. The van der Waals surface area contributed by atoms with Crippen LogP contribution < -0.4 is 16.0 Å². The molecule has 3 heterocycles. The number of hydrogen-bond acceptors (Lipinski definition) is 4. The Kier molecular flexibility index (Phi) is 5.38. The van der Waals surface area contributed by atoms with Crippen LogP contribution in [-0.4, -0.2) is 40.9 Å². The number of piperidine rings is 1. The molecule has 2 amide bonds. The lowest BCUT2D eigenvalue weighted by atomic mass is 10.0. The van der Waals surface area contributed by atoms with Crippen molar-refractivity contribution in [2.24, 2.45) is 5.73 Å². The van der Waals surface area contributed by atoms with E-state index in [0.29, 0.717) is 16.3 Å². The summed E-state index contributed by atoms with van der Waals surface area (Å²) in [4.78, 5) is 32.8. The van der Waals surface area contributed by atoms with Crippen molar-refractivity contribution in [1.29, 1.82) is 0 Å². The van der Waals surface area contributed by atoms with Gasteiger partial charge < -0.3 is 20.9 Å². The first-order chi connectivity index (χ1) is 12.4. The number of aromatic nitrogens is 2. The molecule has 2 aromatic heterocycles. The van der Waals surface area contributed by atoms with Crippen molar-refractivity contribution >= 4 is 40.7 Å². The van der Waals surface area contributed by atoms with E-state index >= 15 is 0 Å². The highest BCUT2D eigenvalue weighted by atomic mass is 35.5. The zero-order chi connectivity index (χ0) is 18.8. The molecule has 0 spiro atoms. The standard InChI is InChI=1S/C17H19Cl2N5O2/c1-9-13(18)14(19)15(22-9)17(26)23-11-2-4-24(5-3-11)12-6-10(16(20)25)7-21-8-12/h6-8,11,22H,2-5H2,1H3,(H2,20,25)(H,23,26). The molecule has 9 heteroatoms. The lowest BCUT2D eigenvalue weighted by Gasteiger charge is -2.33. The Bertz CT molecular complexity index is 844. The third-order valence-electron chi connectivity index (χ3n) is 4.48. The average Bonchev–Trinajstić information content (AvgIpc) is 2.90. The second-order valence-corrected chi connectivity index (χ2v) is 7.04. The van der Waals surface area contributed by atoms with Gasteiger partial charge in [0.15, 0.2) is 0 Å². The van der Waals surface area contributed by atoms with Gasteiger partial charge in [0.25, 0.3) is 5.91 Å². The van der Waals surface area contributed by atoms with Crippen LogP contribution in [0.2, 0.25) is 10.0 Å². The van der Waals surface area contributed by atoms with Gasteiger partial charge in [0.1, 0.15) is 5.69 Å². The normalized spacial score (nSPS) is 15.1. The number of halogens is 2. The number of carbonyl (C=O) groups excluding carboxylic acids is 2. The number of aryl methyl sites for hydroxylation is 1. The Morgan fingerprint density at radius 1 is 1.27 bits per heavy atom. The van der Waals surface area contributed by atoms with Crippen LogP contribution in [0.4, 0.5) is 5.69 Å². The van der Waals surface area contributed by atoms with Crippen molar-refractivity contribution in [2.75, 3.05) is 18.0 Å². The van der Waals surface area contributed by atoms with Gasteiger partial charge in [0.2, 0.25) is 5.91 Å². The van der Waals surface area contributed by atoms with Crippen LogP contribution in [0, 0.1) is 6.92 Å². The molecule has 0 bridgehead atoms. The predicted octanol–water partition coefficient (Wildman–Crippen LogP) is 2.52. The van der Waals surface area contributed by atoms with E-state index in [2.05, 4.69) is 20.2 Å². The Morgan fingerprint density at radius 2 is 1.96 bits per heavy atom. The quantitative estimate of drug-likeness (QED) is 0.739. The van der Waals surface area contributed by atoms with Gasteiger partial charge in [-0.15, -0.1) is 0 Å². The Hall–Kier alpha value is -2.25. The monoisotopic (exact) mass is 395 g/mol. The lowest BCUT2D eigenvalue weighted by Crippen LogP contribution is -2.45. The first-order valence-corrected chi connectivity index (χ1v) is 8.96. The van der Waals surface area contributed by atoms with Gasteiger partial charge in [-0.05, 0) is 25.8 Å². The van der Waals surface area contributed by atoms with Gasteiger partial charge in [0.05, 0.1) is 27.5 Å². The molecule has 0 aliphatic carbocycles. The highest BCUT2D eigenvalue weighted by molar-refractivity contribution is 6.44. The summed E-state index contributed by atoms with van der Waals surface area (Å²) in [5, 5.41) is 3.60. The van der Waals surface area contributed by atoms with E-state index in [1.165, 1.54) is 6.20 Å². The van der Waals surface area contributed by atoms with Crippen LogP contribution in [0.15, 0.2) is 18.5 Å². The number of H-pyrrole nitrogens is 1. The minimum atomic E-state index is -0.502. The molecule has 1 saturated heterocycles. The number of aromatic amines is 1. The molecule has 7 nitrogen and oxygen atoms in total. The third kappa shape index (κ3) is 3.78. The van der Waals surface area contributed by atoms with E-state index in [-0.39, 0.29) is 22.7 Å². The van der Waals surface area contributed by atoms with Crippen LogP contribution in [0.25, 0.3) is 0 Å². The van der Waals surface area contributed by atoms with Gasteiger partial charge in [-0.25, -0.2) is 0 Å². The predicted molar refractivity (Wildman–Crippen MR) is 101 cm³/mol. The number of carbonyl (C=O) groups is 2. The van der Waals surface area contributed by atoms with Crippen molar-refractivity contribution in [3.05, 3.63) is 45.5 Å². The van der Waals surface area contributed by atoms with E-state index in [9.17, 15) is 9.59 Å². The molecule has 0 saturated carbocycles. The van der Waals surface area contributed by atoms with Crippen molar-refractivity contribution in [3.8, 4) is 0 Å². The van der Waals surface area contributed by atoms with Gasteiger partial charge in [-0.3, -0.25) is 14.6 Å². The number of amides is 2. The van der Waals surface area contributed by atoms with Crippen molar-refractivity contribution in [3.63, 3.8) is 0 Å². The zero-order valence-corrected chi connectivity index (χ0v) is 15.7. The highest BCUT2D eigenvalue weighted by Crippen LogP contribution is 2.29. The first-order valence-electron chi connectivity index (χ1n) is 8.21. The number of primary amides is 1. The van der Waals surface area contributed by atoms with Crippen LogP contribution in [-0.2, 0) is 0 Å². The van der Waals surface area contributed by atoms with Crippen LogP contribution in [0.5, 0.6) is 0 Å². The van der Waals surface area contributed by atoms with Crippen molar-refractivity contribution < 1.29 is 9.59 Å². The number of anilines is 1. The first kappa shape index (κ1) is 18.5. The largest absolute Gasteiger partial charge is 0.370 e. The Morgan fingerprint density at radius 3 is 2.54 bits per heavy atom. The SMILES string of the molecule is Cc1[nH]c(C(=O)NC2CCN(c3cncc(C(N)=O)c3)CC2)c(Cl)c1Cl. The van der Waals surface area contributed by atoms with Gasteiger partial charge in [-0.1, -0.05) is 23.2 Å². The summed E-state index contributed by atoms with van der Waals surface area (Å²) >= 11 is 12.1. The average molecular weight is 396 g/mol. The molecule has 1 aliphatic rings. The number of nitrogens with two attached hydrogens (primary N) is 1. The van der Waals surface area contributed by atoms with Gasteiger partial charge >= 0.3 is 0 Å². The fraction of sp³-hybridized carbons (Fsp3) is 0.353. The highest BCUT2D eigenvalue weighted by Gasteiger charge is 2.24. The number of nitrogens with one attached hydrogen (secondary N) is 2. The second kappa shape index (κ2) is 7.55. The fourth-order valence-corrected chi connectivity index (χ4v) is 3.42. The molecule has 1 fully saturated rings. The molecule has 1 aliphatic heterocycles. The molecule has 0 atom stereocenters. The fourth-order valence-electron chi connectivity index (χ4n) is 3.00. The summed E-state index contributed by atoms with van der Waals surface area (Å²) in [6.07, 6.45) is 4.68.